The number of aryl methyl sites for hydroxylation is 1. The van der Waals surface area contributed by atoms with Crippen LogP contribution in [0.25, 0.3) is 0 Å². The number of nitrogens with two attached hydrogens (primary N) is 1. The standard InChI is InChI=1S/C19H33NO2.ClH/c1-2-3-4-5-6-7-8-9-10-17-11-13-18(14-12-17)19(20,15-21)16-22;/h11-14,21-22H,2-10,15-16,20H2,1H3;1H. The van der Waals surface area contributed by atoms with Crippen LogP contribution in [0.2, 0.25) is 0 Å². The Labute approximate surface area is 147 Å². The number of benzene rings is 1. The Kier molecular flexibility index (Phi) is 12.4. The normalized spacial score (nSPS) is 11.3. The summed E-state index contributed by atoms with van der Waals surface area (Å²) in [4.78, 5) is 0. The zero-order valence-electron chi connectivity index (χ0n) is 14.5. The fraction of sp³-hybridized carbons (Fsp3) is 0.684. The zero-order chi connectivity index (χ0) is 16.3. The average molecular weight is 344 g/mol. The summed E-state index contributed by atoms with van der Waals surface area (Å²) >= 11 is 0. The molecule has 1 rings (SSSR count). The van der Waals surface area contributed by atoms with E-state index in [9.17, 15) is 10.2 Å². The van der Waals surface area contributed by atoms with E-state index in [1.54, 1.807) is 0 Å². The molecule has 4 N–H and O–H groups in total. The molecule has 0 bridgehead atoms. The Morgan fingerprint density at radius 1 is 0.826 bits per heavy atom. The molecule has 23 heavy (non-hydrogen) atoms. The van der Waals surface area contributed by atoms with Crippen LogP contribution in [0.15, 0.2) is 24.3 Å². The van der Waals surface area contributed by atoms with Gasteiger partial charge in [-0.25, -0.2) is 0 Å². The lowest BCUT2D eigenvalue weighted by molar-refractivity contribution is 0.121. The van der Waals surface area contributed by atoms with Gasteiger partial charge >= 0.3 is 0 Å². The minimum atomic E-state index is -1.03. The van der Waals surface area contributed by atoms with Crippen molar-refractivity contribution in [1.29, 1.82) is 0 Å². The van der Waals surface area contributed by atoms with Crippen molar-refractivity contribution in [3.8, 4) is 0 Å². The van der Waals surface area contributed by atoms with Crippen LogP contribution in [0.1, 0.15) is 69.4 Å². The first-order valence-corrected chi connectivity index (χ1v) is 8.76. The molecule has 0 saturated carbocycles. The predicted molar refractivity (Wildman–Crippen MR) is 100 cm³/mol. The number of halogens is 1. The summed E-state index contributed by atoms with van der Waals surface area (Å²) in [6.07, 6.45) is 11.7. The molecule has 0 aliphatic heterocycles. The predicted octanol–water partition coefficient (Wildman–Crippen LogP) is 3.93. The second-order valence-corrected chi connectivity index (χ2v) is 6.39. The first-order chi connectivity index (χ1) is 10.7. The van der Waals surface area contributed by atoms with E-state index in [1.165, 1.54) is 56.9 Å². The average Bonchev–Trinajstić information content (AvgIpc) is 2.57. The highest BCUT2D eigenvalue weighted by molar-refractivity contribution is 5.85. The van der Waals surface area contributed by atoms with Gasteiger partial charge in [-0.1, -0.05) is 76.1 Å². The van der Waals surface area contributed by atoms with Gasteiger partial charge in [0.05, 0.1) is 18.8 Å². The van der Waals surface area contributed by atoms with Crippen molar-refractivity contribution in [2.75, 3.05) is 13.2 Å². The highest BCUT2D eigenvalue weighted by atomic mass is 35.5. The third-order valence-corrected chi connectivity index (χ3v) is 4.41. The molecular weight excluding hydrogens is 310 g/mol. The van der Waals surface area contributed by atoms with Crippen molar-refractivity contribution in [3.63, 3.8) is 0 Å². The number of hydrogen-bond acceptors (Lipinski definition) is 3. The van der Waals surface area contributed by atoms with E-state index in [2.05, 4.69) is 19.1 Å². The Bertz CT molecular complexity index is 391. The van der Waals surface area contributed by atoms with Crippen molar-refractivity contribution in [1.82, 2.24) is 0 Å². The van der Waals surface area contributed by atoms with Gasteiger partial charge in [-0.05, 0) is 24.0 Å². The summed E-state index contributed by atoms with van der Waals surface area (Å²) in [5.74, 6) is 0. The molecule has 4 heteroatoms. The van der Waals surface area contributed by atoms with Crippen molar-refractivity contribution in [2.45, 2.75) is 70.3 Å². The van der Waals surface area contributed by atoms with Gasteiger partial charge < -0.3 is 15.9 Å². The van der Waals surface area contributed by atoms with Crippen LogP contribution in [-0.2, 0) is 12.0 Å². The van der Waals surface area contributed by atoms with Crippen LogP contribution >= 0.6 is 12.4 Å². The van der Waals surface area contributed by atoms with Crippen LogP contribution < -0.4 is 5.73 Å². The summed E-state index contributed by atoms with van der Waals surface area (Å²) in [6, 6.07) is 7.96. The molecule has 0 heterocycles. The monoisotopic (exact) mass is 343 g/mol. The summed E-state index contributed by atoms with van der Waals surface area (Å²) in [7, 11) is 0. The molecule has 0 unspecified atom stereocenters. The van der Waals surface area contributed by atoms with Gasteiger partial charge in [-0.3, -0.25) is 0 Å². The van der Waals surface area contributed by atoms with Crippen molar-refractivity contribution < 1.29 is 10.2 Å². The number of aliphatic hydroxyl groups is 2. The molecule has 0 aromatic heterocycles. The first kappa shape index (κ1) is 22.4. The SMILES string of the molecule is CCCCCCCCCCc1ccc(C(N)(CO)CO)cc1.Cl. The van der Waals surface area contributed by atoms with E-state index < -0.39 is 5.54 Å². The minimum Gasteiger partial charge on any atom is -0.394 e. The lowest BCUT2D eigenvalue weighted by Crippen LogP contribution is -2.44. The maximum Gasteiger partial charge on any atom is 0.0878 e. The fourth-order valence-corrected chi connectivity index (χ4v) is 2.70. The van der Waals surface area contributed by atoms with Gasteiger partial charge in [0.2, 0.25) is 0 Å². The van der Waals surface area contributed by atoms with Gasteiger partial charge in [-0.2, -0.15) is 0 Å². The number of aliphatic hydroxyl groups excluding tert-OH is 2. The van der Waals surface area contributed by atoms with E-state index in [0.717, 1.165) is 12.0 Å². The molecule has 0 amide bonds. The molecule has 1 aromatic rings. The molecule has 0 fully saturated rings. The fourth-order valence-electron chi connectivity index (χ4n) is 2.70. The Morgan fingerprint density at radius 3 is 1.78 bits per heavy atom. The second kappa shape index (κ2) is 12.8. The number of rotatable bonds is 12. The number of unbranched alkanes of at least 4 members (excludes halogenated alkanes) is 7. The molecular formula is C19H34ClNO2. The summed E-state index contributed by atoms with van der Waals surface area (Å²) < 4.78 is 0. The van der Waals surface area contributed by atoms with Gasteiger partial charge in [0, 0.05) is 0 Å². The summed E-state index contributed by atoms with van der Waals surface area (Å²) in [5.41, 5.74) is 7.01. The van der Waals surface area contributed by atoms with E-state index in [-0.39, 0.29) is 25.6 Å². The Hall–Kier alpha value is -0.610. The van der Waals surface area contributed by atoms with Crippen molar-refractivity contribution >= 4 is 12.4 Å². The van der Waals surface area contributed by atoms with Crippen molar-refractivity contribution in [3.05, 3.63) is 35.4 Å². The topological polar surface area (TPSA) is 66.5 Å². The molecule has 0 atom stereocenters. The summed E-state index contributed by atoms with van der Waals surface area (Å²) in [6.45, 7) is 1.75. The Morgan fingerprint density at radius 2 is 1.30 bits per heavy atom. The first-order valence-electron chi connectivity index (χ1n) is 8.76. The molecule has 0 saturated heterocycles. The maximum absolute atomic E-state index is 9.30. The van der Waals surface area contributed by atoms with Crippen LogP contribution in [-0.4, -0.2) is 23.4 Å². The van der Waals surface area contributed by atoms with Crippen LogP contribution in [0.4, 0.5) is 0 Å². The van der Waals surface area contributed by atoms with Crippen LogP contribution in [0.5, 0.6) is 0 Å². The number of hydrogen-bond donors (Lipinski definition) is 3. The largest absolute Gasteiger partial charge is 0.394 e. The zero-order valence-corrected chi connectivity index (χ0v) is 15.3. The highest BCUT2D eigenvalue weighted by Gasteiger charge is 2.25. The summed E-state index contributed by atoms with van der Waals surface area (Å²) in [5, 5.41) is 18.6. The maximum atomic E-state index is 9.30. The van der Waals surface area contributed by atoms with Gasteiger partial charge in [-0.15, -0.1) is 12.4 Å². The Balaban J connectivity index is 0.00000484. The van der Waals surface area contributed by atoms with Gasteiger partial charge in [0.15, 0.2) is 0 Å². The highest BCUT2D eigenvalue weighted by Crippen LogP contribution is 2.19. The quantitative estimate of drug-likeness (QED) is 0.504. The molecule has 0 aliphatic rings. The molecule has 0 aliphatic carbocycles. The van der Waals surface area contributed by atoms with E-state index in [4.69, 9.17) is 5.73 Å². The lowest BCUT2D eigenvalue weighted by Gasteiger charge is -2.25. The molecule has 0 spiro atoms. The molecule has 0 radical (unpaired) electrons. The smallest absolute Gasteiger partial charge is 0.0878 e. The third kappa shape index (κ3) is 8.16. The van der Waals surface area contributed by atoms with E-state index in [0.29, 0.717) is 0 Å². The molecule has 1 aromatic carbocycles. The molecule has 3 nitrogen and oxygen atoms in total. The van der Waals surface area contributed by atoms with Crippen molar-refractivity contribution in [2.24, 2.45) is 5.73 Å². The van der Waals surface area contributed by atoms with Crippen LogP contribution in [0.3, 0.4) is 0 Å². The van der Waals surface area contributed by atoms with Gasteiger partial charge in [0.1, 0.15) is 0 Å². The minimum absolute atomic E-state index is 0. The third-order valence-electron chi connectivity index (χ3n) is 4.41. The molecule has 134 valence electrons. The lowest BCUT2D eigenvalue weighted by atomic mass is 9.91. The van der Waals surface area contributed by atoms with E-state index in [1.807, 2.05) is 12.1 Å². The van der Waals surface area contributed by atoms with Gasteiger partial charge in [0.25, 0.3) is 0 Å². The second-order valence-electron chi connectivity index (χ2n) is 6.39. The van der Waals surface area contributed by atoms with E-state index >= 15 is 0 Å². The van der Waals surface area contributed by atoms with Crippen LogP contribution in [0, 0.1) is 0 Å².